The molecule has 3 nitrogen and oxygen atoms in total. The fourth-order valence-electron chi connectivity index (χ4n) is 1.49. The van der Waals surface area contributed by atoms with Crippen molar-refractivity contribution in [1.29, 1.82) is 0 Å². The molecule has 1 heterocycles. The monoisotopic (exact) mass is 275 g/mol. The number of nitrogens with zero attached hydrogens (tertiary/aromatic N) is 3. The Balaban J connectivity index is 2.34. The zero-order valence-electron chi connectivity index (χ0n) is 9.21. The molecule has 18 heavy (non-hydrogen) atoms. The van der Waals surface area contributed by atoms with Crippen LogP contribution in [0.4, 0.5) is 13.2 Å². The highest BCUT2D eigenvalue weighted by atomic mass is 35.5. The predicted octanol–water partition coefficient (Wildman–Crippen LogP) is 2.86. The molecule has 0 bridgehead atoms. The van der Waals surface area contributed by atoms with E-state index in [1.54, 1.807) is 0 Å². The molecule has 96 valence electrons. The summed E-state index contributed by atoms with van der Waals surface area (Å²) in [5.41, 5.74) is 0.275. The van der Waals surface area contributed by atoms with Crippen LogP contribution < -0.4 is 0 Å². The van der Waals surface area contributed by atoms with Crippen LogP contribution in [-0.2, 0) is 6.42 Å². The Hall–Kier alpha value is -1.56. The maximum atomic E-state index is 13.5. The first kappa shape index (κ1) is 12.9. The van der Waals surface area contributed by atoms with Crippen molar-refractivity contribution in [3.8, 4) is 5.69 Å². The topological polar surface area (TPSA) is 30.7 Å². The average molecular weight is 276 g/mol. The molecule has 1 aromatic carbocycles. The standard InChI is InChI=1S/C11H9ClF3N3/c12-3-1-2-8-6-18(17-16-8)10-5-7(13)4-9(14)11(10)15/h4-6H,1-3H2. The van der Waals surface area contributed by atoms with Crippen LogP contribution in [0.3, 0.4) is 0 Å². The van der Waals surface area contributed by atoms with E-state index < -0.39 is 17.5 Å². The molecular weight excluding hydrogens is 267 g/mol. The lowest BCUT2D eigenvalue weighted by Gasteiger charge is -2.03. The van der Waals surface area contributed by atoms with Crippen molar-refractivity contribution in [2.24, 2.45) is 0 Å². The van der Waals surface area contributed by atoms with Gasteiger partial charge < -0.3 is 0 Å². The Kier molecular flexibility index (Phi) is 3.86. The molecule has 0 N–H and O–H groups in total. The molecule has 0 saturated heterocycles. The summed E-state index contributed by atoms with van der Waals surface area (Å²) in [6.07, 6.45) is 2.69. The van der Waals surface area contributed by atoms with Crippen molar-refractivity contribution in [3.63, 3.8) is 0 Å². The summed E-state index contributed by atoms with van der Waals surface area (Å²) in [4.78, 5) is 0. The highest BCUT2D eigenvalue weighted by molar-refractivity contribution is 6.17. The summed E-state index contributed by atoms with van der Waals surface area (Å²) < 4.78 is 40.5. The number of hydrogen-bond donors (Lipinski definition) is 0. The van der Waals surface area contributed by atoms with E-state index in [2.05, 4.69) is 10.3 Å². The van der Waals surface area contributed by atoms with E-state index in [4.69, 9.17) is 11.6 Å². The Labute approximate surface area is 106 Å². The van der Waals surface area contributed by atoms with Crippen molar-refractivity contribution in [3.05, 3.63) is 41.5 Å². The van der Waals surface area contributed by atoms with Gasteiger partial charge in [-0.2, -0.15) is 0 Å². The van der Waals surface area contributed by atoms with Crippen LogP contribution in [0, 0.1) is 17.5 Å². The van der Waals surface area contributed by atoms with Crippen LogP contribution in [0.2, 0.25) is 0 Å². The number of aryl methyl sites for hydroxylation is 1. The molecule has 2 rings (SSSR count). The first-order valence-electron chi connectivity index (χ1n) is 5.24. The summed E-state index contributed by atoms with van der Waals surface area (Å²) in [5.74, 6) is -2.83. The summed E-state index contributed by atoms with van der Waals surface area (Å²) in [5, 5.41) is 7.41. The zero-order chi connectivity index (χ0) is 13.1. The summed E-state index contributed by atoms with van der Waals surface area (Å²) >= 11 is 5.53. The normalized spacial score (nSPS) is 10.9. The SMILES string of the molecule is Fc1cc(F)c(F)c(-n2cc(CCCCl)nn2)c1. The molecule has 0 atom stereocenters. The van der Waals surface area contributed by atoms with Gasteiger partial charge in [0, 0.05) is 18.0 Å². The van der Waals surface area contributed by atoms with E-state index in [9.17, 15) is 13.2 Å². The quantitative estimate of drug-likeness (QED) is 0.634. The highest BCUT2D eigenvalue weighted by Crippen LogP contribution is 2.18. The molecule has 0 aliphatic rings. The van der Waals surface area contributed by atoms with Crippen LogP contribution >= 0.6 is 11.6 Å². The Morgan fingerprint density at radius 2 is 2.00 bits per heavy atom. The lowest BCUT2D eigenvalue weighted by Crippen LogP contribution is -2.02. The third-order valence-electron chi connectivity index (χ3n) is 2.33. The largest absolute Gasteiger partial charge is 0.217 e. The maximum absolute atomic E-state index is 13.5. The number of alkyl halides is 1. The molecular formula is C11H9ClF3N3. The van der Waals surface area contributed by atoms with Crippen molar-refractivity contribution in [1.82, 2.24) is 15.0 Å². The molecule has 0 aliphatic carbocycles. The van der Waals surface area contributed by atoms with Gasteiger partial charge in [0.1, 0.15) is 11.5 Å². The third-order valence-corrected chi connectivity index (χ3v) is 2.60. The first-order valence-corrected chi connectivity index (χ1v) is 5.77. The summed E-state index contributed by atoms with van der Waals surface area (Å²) in [6.45, 7) is 0. The number of aromatic nitrogens is 3. The lowest BCUT2D eigenvalue weighted by molar-refractivity contribution is 0.487. The van der Waals surface area contributed by atoms with E-state index >= 15 is 0 Å². The Morgan fingerprint density at radius 3 is 2.72 bits per heavy atom. The predicted molar refractivity (Wildman–Crippen MR) is 60.3 cm³/mol. The highest BCUT2D eigenvalue weighted by Gasteiger charge is 2.14. The van der Waals surface area contributed by atoms with Gasteiger partial charge in [0.15, 0.2) is 11.6 Å². The minimum Gasteiger partial charge on any atom is -0.217 e. The molecule has 0 radical (unpaired) electrons. The Bertz CT molecular complexity index is 556. The number of hydrogen-bond acceptors (Lipinski definition) is 2. The third kappa shape index (κ3) is 2.64. The average Bonchev–Trinajstić information content (AvgIpc) is 2.79. The smallest absolute Gasteiger partial charge is 0.184 e. The first-order chi connectivity index (χ1) is 8.61. The molecule has 0 saturated carbocycles. The van der Waals surface area contributed by atoms with E-state index in [0.717, 1.165) is 10.7 Å². The van der Waals surface area contributed by atoms with Gasteiger partial charge in [0.05, 0.1) is 11.9 Å². The molecule has 0 fully saturated rings. The van der Waals surface area contributed by atoms with E-state index in [0.29, 0.717) is 30.5 Å². The van der Waals surface area contributed by atoms with Gasteiger partial charge >= 0.3 is 0 Å². The second-order valence-electron chi connectivity index (χ2n) is 3.67. The number of halogens is 4. The summed E-state index contributed by atoms with van der Waals surface area (Å²) in [6, 6.07) is 1.34. The minimum atomic E-state index is -1.26. The van der Waals surface area contributed by atoms with Gasteiger partial charge in [0.2, 0.25) is 0 Å². The van der Waals surface area contributed by atoms with Crippen molar-refractivity contribution in [2.45, 2.75) is 12.8 Å². The van der Waals surface area contributed by atoms with Gasteiger partial charge in [-0.1, -0.05) is 5.21 Å². The molecule has 2 aromatic rings. The molecule has 0 unspecified atom stereocenters. The van der Waals surface area contributed by atoms with E-state index in [1.807, 2.05) is 0 Å². The van der Waals surface area contributed by atoms with Gasteiger partial charge in [-0.25, -0.2) is 17.9 Å². The van der Waals surface area contributed by atoms with Crippen LogP contribution in [0.5, 0.6) is 0 Å². The fourth-order valence-corrected chi connectivity index (χ4v) is 1.62. The van der Waals surface area contributed by atoms with Crippen molar-refractivity contribution >= 4 is 11.6 Å². The second-order valence-corrected chi connectivity index (χ2v) is 4.05. The van der Waals surface area contributed by atoms with Crippen LogP contribution in [-0.4, -0.2) is 20.9 Å². The van der Waals surface area contributed by atoms with Crippen molar-refractivity contribution < 1.29 is 13.2 Å². The van der Waals surface area contributed by atoms with E-state index in [-0.39, 0.29) is 5.69 Å². The van der Waals surface area contributed by atoms with Crippen LogP contribution in [0.1, 0.15) is 12.1 Å². The van der Waals surface area contributed by atoms with Crippen LogP contribution in [0.15, 0.2) is 18.3 Å². The van der Waals surface area contributed by atoms with Gasteiger partial charge in [-0.05, 0) is 12.8 Å². The number of benzene rings is 1. The lowest BCUT2D eigenvalue weighted by atomic mass is 10.2. The fraction of sp³-hybridized carbons (Fsp3) is 0.273. The van der Waals surface area contributed by atoms with Gasteiger partial charge in [0.25, 0.3) is 0 Å². The molecule has 7 heteroatoms. The number of rotatable bonds is 4. The molecule has 0 amide bonds. The van der Waals surface area contributed by atoms with Crippen molar-refractivity contribution in [2.75, 3.05) is 5.88 Å². The van der Waals surface area contributed by atoms with E-state index in [1.165, 1.54) is 6.20 Å². The summed E-state index contributed by atoms with van der Waals surface area (Å²) in [7, 11) is 0. The Morgan fingerprint density at radius 1 is 1.22 bits per heavy atom. The molecule has 0 aliphatic heterocycles. The second kappa shape index (κ2) is 5.39. The van der Waals surface area contributed by atoms with Gasteiger partial charge in [-0.15, -0.1) is 16.7 Å². The maximum Gasteiger partial charge on any atom is 0.184 e. The van der Waals surface area contributed by atoms with Gasteiger partial charge in [-0.3, -0.25) is 0 Å². The van der Waals surface area contributed by atoms with Crippen LogP contribution in [0.25, 0.3) is 5.69 Å². The zero-order valence-corrected chi connectivity index (χ0v) is 9.96. The molecule has 1 aromatic heterocycles. The minimum absolute atomic E-state index is 0.308. The molecule has 0 spiro atoms.